The molecule has 0 aromatic carbocycles. The van der Waals surface area contributed by atoms with Crippen molar-refractivity contribution in [1.82, 2.24) is 15.5 Å². The summed E-state index contributed by atoms with van der Waals surface area (Å²) in [5.41, 5.74) is 0. The van der Waals surface area contributed by atoms with Gasteiger partial charge in [-0.3, -0.25) is 0 Å². The van der Waals surface area contributed by atoms with Crippen LogP contribution in [0.2, 0.25) is 0 Å². The van der Waals surface area contributed by atoms with Crippen LogP contribution < -0.4 is 10.6 Å². The molecule has 1 heterocycles. The van der Waals surface area contributed by atoms with Gasteiger partial charge in [-0.1, -0.05) is 18.9 Å². The van der Waals surface area contributed by atoms with Crippen LogP contribution in [0.3, 0.4) is 0 Å². The van der Waals surface area contributed by atoms with E-state index in [0.717, 1.165) is 0 Å². The number of hydrogen-bond acceptors (Lipinski definition) is 5. The Labute approximate surface area is 84.3 Å². The zero-order valence-corrected chi connectivity index (χ0v) is 9.16. The Hall–Kier alpha value is -1.10. The van der Waals surface area contributed by atoms with Crippen molar-refractivity contribution < 1.29 is 4.42 Å². The van der Waals surface area contributed by atoms with Gasteiger partial charge in [0.25, 0.3) is 0 Å². The third-order valence-corrected chi connectivity index (χ3v) is 2.15. The third-order valence-electron chi connectivity index (χ3n) is 2.15. The van der Waals surface area contributed by atoms with E-state index in [-0.39, 0.29) is 0 Å². The first-order valence-electron chi connectivity index (χ1n) is 4.87. The summed E-state index contributed by atoms with van der Waals surface area (Å²) in [4.78, 5) is 0. The highest BCUT2D eigenvalue weighted by Gasteiger charge is 2.10. The molecule has 0 saturated carbocycles. The molecule has 14 heavy (non-hydrogen) atoms. The van der Waals surface area contributed by atoms with Crippen molar-refractivity contribution in [2.45, 2.75) is 33.4 Å². The summed E-state index contributed by atoms with van der Waals surface area (Å²) in [7, 11) is 1.84. The summed E-state index contributed by atoms with van der Waals surface area (Å²) in [6, 6.07) is 0.828. The van der Waals surface area contributed by atoms with Crippen LogP contribution in [0.1, 0.15) is 26.7 Å². The fraction of sp³-hybridized carbons (Fsp3) is 0.778. The molecule has 1 rings (SSSR count). The molecule has 1 aromatic rings. The van der Waals surface area contributed by atoms with Gasteiger partial charge in [-0.05, 0) is 19.9 Å². The lowest BCUT2D eigenvalue weighted by Crippen LogP contribution is -2.21. The number of nitrogens with zero attached hydrogens (tertiary/aromatic N) is 2. The number of anilines is 1. The molecule has 5 heteroatoms. The molecule has 1 unspecified atom stereocenters. The average molecular weight is 198 g/mol. The second-order valence-corrected chi connectivity index (χ2v) is 3.71. The Morgan fingerprint density at radius 2 is 2.00 bits per heavy atom. The van der Waals surface area contributed by atoms with E-state index in [1.165, 1.54) is 0 Å². The van der Waals surface area contributed by atoms with Gasteiger partial charge in [0.2, 0.25) is 5.89 Å². The predicted molar refractivity (Wildman–Crippen MR) is 55.0 cm³/mol. The van der Waals surface area contributed by atoms with E-state index in [9.17, 15) is 0 Å². The smallest absolute Gasteiger partial charge is 0.315 e. The van der Waals surface area contributed by atoms with Gasteiger partial charge in [-0.15, -0.1) is 5.10 Å². The Morgan fingerprint density at radius 1 is 1.29 bits per heavy atom. The maximum atomic E-state index is 5.35. The van der Waals surface area contributed by atoms with E-state index in [0.29, 0.717) is 30.4 Å². The molecule has 0 saturated heterocycles. The van der Waals surface area contributed by atoms with Gasteiger partial charge in [0.1, 0.15) is 0 Å². The minimum atomic E-state index is 0.331. The molecule has 1 aromatic heterocycles. The molecule has 0 radical (unpaired) electrons. The van der Waals surface area contributed by atoms with Gasteiger partial charge in [-0.25, -0.2) is 0 Å². The SMILES string of the molecule is CNCc1nnc(NC(C)C(C)C)o1. The van der Waals surface area contributed by atoms with Crippen molar-refractivity contribution in [2.75, 3.05) is 12.4 Å². The summed E-state index contributed by atoms with van der Waals surface area (Å²) >= 11 is 0. The predicted octanol–water partition coefficient (Wildman–Crippen LogP) is 1.25. The highest BCUT2D eigenvalue weighted by Crippen LogP contribution is 2.10. The summed E-state index contributed by atoms with van der Waals surface area (Å²) in [5, 5.41) is 13.9. The van der Waals surface area contributed by atoms with Crippen LogP contribution in [0.4, 0.5) is 6.01 Å². The molecule has 0 spiro atoms. The largest absolute Gasteiger partial charge is 0.407 e. The van der Waals surface area contributed by atoms with Gasteiger partial charge in [0.15, 0.2) is 0 Å². The molecule has 0 aliphatic rings. The third kappa shape index (κ3) is 2.99. The molecular weight excluding hydrogens is 180 g/mol. The Balaban J connectivity index is 2.50. The Kier molecular flexibility index (Phi) is 3.88. The Bertz CT molecular complexity index is 272. The van der Waals surface area contributed by atoms with Crippen LogP contribution in [0.15, 0.2) is 4.42 Å². The van der Waals surface area contributed by atoms with Gasteiger partial charge in [0, 0.05) is 6.04 Å². The van der Waals surface area contributed by atoms with Crippen molar-refractivity contribution in [2.24, 2.45) is 5.92 Å². The molecule has 1 atom stereocenters. The lowest BCUT2D eigenvalue weighted by Gasteiger charge is -2.14. The maximum Gasteiger partial charge on any atom is 0.315 e. The molecule has 2 N–H and O–H groups in total. The molecule has 0 amide bonds. The normalized spacial score (nSPS) is 13.2. The maximum absolute atomic E-state index is 5.35. The monoisotopic (exact) mass is 198 g/mol. The molecule has 0 fully saturated rings. The Morgan fingerprint density at radius 3 is 2.57 bits per heavy atom. The fourth-order valence-corrected chi connectivity index (χ4v) is 0.896. The van der Waals surface area contributed by atoms with Crippen LogP contribution in [-0.2, 0) is 6.54 Å². The molecule has 0 bridgehead atoms. The minimum Gasteiger partial charge on any atom is -0.407 e. The second-order valence-electron chi connectivity index (χ2n) is 3.71. The summed E-state index contributed by atoms with van der Waals surface area (Å²) < 4.78 is 5.35. The van der Waals surface area contributed by atoms with E-state index < -0.39 is 0 Å². The molecule has 80 valence electrons. The van der Waals surface area contributed by atoms with Crippen molar-refractivity contribution in [3.05, 3.63) is 5.89 Å². The molecule has 0 aliphatic carbocycles. The first-order chi connectivity index (χ1) is 6.63. The van der Waals surface area contributed by atoms with Crippen LogP contribution in [-0.4, -0.2) is 23.3 Å². The van der Waals surface area contributed by atoms with E-state index in [1.807, 2.05) is 7.05 Å². The molecule has 0 aliphatic heterocycles. The van der Waals surface area contributed by atoms with E-state index in [4.69, 9.17) is 4.42 Å². The lowest BCUT2D eigenvalue weighted by molar-refractivity contribution is 0.471. The van der Waals surface area contributed by atoms with Gasteiger partial charge >= 0.3 is 6.01 Å². The van der Waals surface area contributed by atoms with Crippen molar-refractivity contribution in [1.29, 1.82) is 0 Å². The van der Waals surface area contributed by atoms with Gasteiger partial charge in [0.05, 0.1) is 6.54 Å². The summed E-state index contributed by atoms with van der Waals surface area (Å²) in [5.74, 6) is 1.14. The van der Waals surface area contributed by atoms with Crippen LogP contribution >= 0.6 is 0 Å². The fourth-order valence-electron chi connectivity index (χ4n) is 0.896. The van der Waals surface area contributed by atoms with Crippen LogP contribution in [0.25, 0.3) is 0 Å². The molecule has 5 nitrogen and oxygen atoms in total. The minimum absolute atomic E-state index is 0.331. The second kappa shape index (κ2) is 4.95. The number of aromatic nitrogens is 2. The summed E-state index contributed by atoms with van der Waals surface area (Å²) in [6.45, 7) is 6.97. The van der Waals surface area contributed by atoms with Gasteiger partial charge in [-0.2, -0.15) is 0 Å². The van der Waals surface area contributed by atoms with E-state index in [2.05, 4.69) is 41.6 Å². The zero-order chi connectivity index (χ0) is 10.6. The van der Waals surface area contributed by atoms with E-state index >= 15 is 0 Å². The van der Waals surface area contributed by atoms with Crippen LogP contribution in [0.5, 0.6) is 0 Å². The number of hydrogen-bond donors (Lipinski definition) is 2. The van der Waals surface area contributed by atoms with Crippen LogP contribution in [0, 0.1) is 5.92 Å². The van der Waals surface area contributed by atoms with Crippen molar-refractivity contribution >= 4 is 6.01 Å². The van der Waals surface area contributed by atoms with E-state index in [1.54, 1.807) is 0 Å². The topological polar surface area (TPSA) is 63.0 Å². The highest BCUT2D eigenvalue weighted by atomic mass is 16.4. The van der Waals surface area contributed by atoms with Crippen molar-refractivity contribution in [3.63, 3.8) is 0 Å². The first-order valence-corrected chi connectivity index (χ1v) is 4.87. The summed E-state index contributed by atoms with van der Waals surface area (Å²) in [6.07, 6.45) is 0. The highest BCUT2D eigenvalue weighted by molar-refractivity contribution is 5.19. The average Bonchev–Trinajstić information content (AvgIpc) is 2.53. The lowest BCUT2D eigenvalue weighted by atomic mass is 10.1. The quantitative estimate of drug-likeness (QED) is 0.745. The standard InChI is InChI=1S/C9H18N4O/c1-6(2)7(3)11-9-13-12-8(14-9)5-10-4/h6-7,10H,5H2,1-4H3,(H,11,13). The zero-order valence-electron chi connectivity index (χ0n) is 9.16. The molecular formula is C9H18N4O. The van der Waals surface area contributed by atoms with Gasteiger partial charge < -0.3 is 15.1 Å². The first kappa shape index (κ1) is 11.0. The number of nitrogens with one attached hydrogen (secondary N) is 2. The number of rotatable bonds is 5. The van der Waals surface area contributed by atoms with Crippen molar-refractivity contribution in [3.8, 4) is 0 Å².